The Hall–Kier alpha value is -4.10. The molecule has 2 heterocycles. The van der Waals surface area contributed by atoms with E-state index >= 15 is 0 Å². The van der Waals surface area contributed by atoms with E-state index in [1.807, 2.05) is 0 Å². The van der Waals surface area contributed by atoms with E-state index in [1.165, 1.54) is 30.3 Å². The second-order valence-corrected chi connectivity index (χ2v) is 12.1. The summed E-state index contributed by atoms with van der Waals surface area (Å²) in [4.78, 5) is 31.1. The van der Waals surface area contributed by atoms with Crippen molar-refractivity contribution in [1.29, 1.82) is 0 Å². The van der Waals surface area contributed by atoms with E-state index in [0.717, 1.165) is 25.2 Å². The van der Waals surface area contributed by atoms with Crippen LogP contribution < -0.4 is 15.4 Å². The van der Waals surface area contributed by atoms with Crippen LogP contribution in [0, 0.1) is 13.8 Å². The van der Waals surface area contributed by atoms with Crippen molar-refractivity contribution in [2.75, 3.05) is 31.5 Å². The number of fused-ring (bicyclic) bond motifs is 1. The smallest absolute Gasteiger partial charge is 0.406 e. The lowest BCUT2D eigenvalue weighted by atomic mass is 10.0. The Morgan fingerprint density at radius 1 is 1.09 bits per heavy atom. The van der Waals surface area contributed by atoms with Gasteiger partial charge in [0, 0.05) is 35.7 Å². The topological polar surface area (TPSA) is 121 Å². The van der Waals surface area contributed by atoms with Crippen molar-refractivity contribution in [1.82, 2.24) is 15.2 Å². The summed E-state index contributed by atoms with van der Waals surface area (Å²) in [6.45, 7) is 10.6. The Morgan fingerprint density at radius 2 is 1.81 bits per heavy atom. The number of aromatic nitrogens is 1. The van der Waals surface area contributed by atoms with Crippen LogP contribution in [0.4, 0.5) is 18.9 Å². The zero-order valence-electron chi connectivity index (χ0n) is 24.2. The van der Waals surface area contributed by atoms with Gasteiger partial charge in [0.25, 0.3) is 11.8 Å². The quantitative estimate of drug-likeness (QED) is 0.258. The Labute approximate surface area is 248 Å². The van der Waals surface area contributed by atoms with E-state index in [4.69, 9.17) is 0 Å². The van der Waals surface area contributed by atoms with E-state index in [0.29, 0.717) is 46.9 Å². The number of carbonyl (C=O) groups is 2. The molecule has 1 aliphatic heterocycles. The van der Waals surface area contributed by atoms with Crippen molar-refractivity contribution < 1.29 is 35.9 Å². The molecule has 0 spiro atoms. The van der Waals surface area contributed by atoms with Crippen LogP contribution in [-0.4, -0.2) is 62.7 Å². The van der Waals surface area contributed by atoms with Gasteiger partial charge in [-0.3, -0.25) is 9.59 Å². The van der Waals surface area contributed by atoms with Crippen LogP contribution in [0.3, 0.4) is 0 Å². The standard InChI is InChI=1S/C30H33F3N4O5S/c1-5-37(6-2)13-12-34-29(39)27-18(3)26(35-19(27)4)16-24-23-15-22(10-11-25(23)36-28(24)38)43(40,41)17-20-8-7-9-21(14-20)42-30(31,32)33/h7-11,14-16,35H,5-6,12-13,17H2,1-4H3,(H,34,39)(H,36,38). The molecule has 0 radical (unpaired) electrons. The van der Waals surface area contributed by atoms with Gasteiger partial charge in [-0.05, 0) is 74.5 Å². The molecule has 3 aromatic rings. The minimum Gasteiger partial charge on any atom is -0.406 e. The molecule has 1 aliphatic rings. The summed E-state index contributed by atoms with van der Waals surface area (Å²) < 4.78 is 68.2. The number of nitrogens with one attached hydrogen (secondary N) is 3. The van der Waals surface area contributed by atoms with E-state index in [9.17, 15) is 31.2 Å². The third kappa shape index (κ3) is 7.46. The number of alkyl halides is 3. The SMILES string of the molecule is CCN(CC)CCNC(=O)c1c(C)[nH]c(C=C2C(=O)Nc3ccc(S(=O)(=O)Cc4cccc(OC(F)(F)F)c4)cc32)c1C. The number of ether oxygens (including phenoxy) is 1. The van der Waals surface area contributed by atoms with Gasteiger partial charge in [-0.25, -0.2) is 8.42 Å². The maximum Gasteiger partial charge on any atom is 0.573 e. The van der Waals surface area contributed by atoms with Gasteiger partial charge in [-0.2, -0.15) is 0 Å². The highest BCUT2D eigenvalue weighted by molar-refractivity contribution is 7.90. The van der Waals surface area contributed by atoms with Gasteiger partial charge >= 0.3 is 6.36 Å². The van der Waals surface area contributed by atoms with E-state index in [2.05, 4.69) is 39.1 Å². The van der Waals surface area contributed by atoms with Gasteiger partial charge in [-0.1, -0.05) is 26.0 Å². The predicted octanol–water partition coefficient (Wildman–Crippen LogP) is 5.07. The molecule has 13 heteroatoms. The number of anilines is 1. The molecule has 2 amide bonds. The first-order valence-electron chi connectivity index (χ1n) is 13.7. The molecular formula is C30H33F3N4O5S. The minimum absolute atomic E-state index is 0.104. The van der Waals surface area contributed by atoms with Crippen LogP contribution in [-0.2, 0) is 20.4 Å². The fourth-order valence-electron chi connectivity index (χ4n) is 5.00. The second kappa shape index (κ2) is 12.6. The maximum atomic E-state index is 13.2. The maximum absolute atomic E-state index is 13.2. The third-order valence-electron chi connectivity index (χ3n) is 7.22. The van der Waals surface area contributed by atoms with Crippen molar-refractivity contribution in [3.8, 4) is 5.75 Å². The van der Waals surface area contributed by atoms with Crippen LogP contribution in [0.1, 0.15) is 52.3 Å². The molecule has 0 fully saturated rings. The van der Waals surface area contributed by atoms with Gasteiger partial charge in [0.15, 0.2) is 9.84 Å². The van der Waals surface area contributed by atoms with Crippen molar-refractivity contribution >= 4 is 39.0 Å². The summed E-state index contributed by atoms with van der Waals surface area (Å²) in [6, 6.07) is 8.92. The molecule has 2 aromatic carbocycles. The van der Waals surface area contributed by atoms with Gasteiger partial charge in [-0.15, -0.1) is 13.2 Å². The summed E-state index contributed by atoms with van der Waals surface area (Å²) in [5.74, 6) is -1.79. The molecule has 0 aliphatic carbocycles. The number of H-pyrrole nitrogens is 1. The summed E-state index contributed by atoms with van der Waals surface area (Å²) >= 11 is 0. The highest BCUT2D eigenvalue weighted by atomic mass is 32.2. The third-order valence-corrected chi connectivity index (χ3v) is 8.91. The number of aromatic amines is 1. The fourth-order valence-corrected chi connectivity index (χ4v) is 6.36. The molecule has 0 saturated heterocycles. The Balaban J connectivity index is 1.59. The Bertz CT molecular complexity index is 1680. The number of aryl methyl sites for hydroxylation is 1. The van der Waals surface area contributed by atoms with Crippen molar-refractivity contribution in [2.24, 2.45) is 0 Å². The van der Waals surface area contributed by atoms with E-state index < -0.39 is 33.6 Å². The van der Waals surface area contributed by atoms with Crippen LogP contribution in [0.25, 0.3) is 11.6 Å². The fraction of sp³-hybridized carbons (Fsp3) is 0.333. The number of likely N-dealkylation sites (N-methyl/N-ethyl adjacent to an activating group) is 1. The van der Waals surface area contributed by atoms with Crippen molar-refractivity contribution in [3.63, 3.8) is 0 Å². The number of rotatable bonds is 11. The molecule has 43 heavy (non-hydrogen) atoms. The zero-order valence-corrected chi connectivity index (χ0v) is 25.0. The molecular weight excluding hydrogens is 585 g/mol. The molecule has 9 nitrogen and oxygen atoms in total. The predicted molar refractivity (Wildman–Crippen MR) is 157 cm³/mol. The first-order valence-corrected chi connectivity index (χ1v) is 15.3. The molecule has 230 valence electrons. The number of carbonyl (C=O) groups excluding carboxylic acids is 2. The number of sulfone groups is 1. The molecule has 3 N–H and O–H groups in total. The van der Waals surface area contributed by atoms with Gasteiger partial charge < -0.3 is 25.3 Å². The molecule has 0 saturated carbocycles. The highest BCUT2D eigenvalue weighted by Crippen LogP contribution is 2.36. The zero-order chi connectivity index (χ0) is 31.5. The average molecular weight is 619 g/mol. The number of nitrogens with zero attached hydrogens (tertiary/aromatic N) is 1. The van der Waals surface area contributed by atoms with Crippen LogP contribution in [0.5, 0.6) is 5.75 Å². The lowest BCUT2D eigenvalue weighted by Gasteiger charge is -2.18. The first-order chi connectivity index (χ1) is 20.2. The lowest BCUT2D eigenvalue weighted by Crippen LogP contribution is -2.35. The molecule has 0 bridgehead atoms. The van der Waals surface area contributed by atoms with E-state index in [-0.39, 0.29) is 21.9 Å². The second-order valence-electron chi connectivity index (χ2n) is 10.1. The van der Waals surface area contributed by atoms with E-state index in [1.54, 1.807) is 19.9 Å². The van der Waals surface area contributed by atoms with Crippen LogP contribution in [0.2, 0.25) is 0 Å². The molecule has 4 rings (SSSR count). The summed E-state index contributed by atoms with van der Waals surface area (Å²) in [6.07, 6.45) is -3.34. The van der Waals surface area contributed by atoms with Crippen molar-refractivity contribution in [2.45, 2.75) is 44.7 Å². The number of halogens is 3. The lowest BCUT2D eigenvalue weighted by molar-refractivity contribution is -0.274. The normalized spacial score (nSPS) is 14.2. The number of amides is 2. The minimum atomic E-state index is -4.91. The van der Waals surface area contributed by atoms with Gasteiger partial charge in [0.1, 0.15) is 5.75 Å². The Morgan fingerprint density at radius 3 is 2.49 bits per heavy atom. The van der Waals surface area contributed by atoms with Crippen molar-refractivity contribution in [3.05, 3.63) is 76.1 Å². The number of hydrogen-bond donors (Lipinski definition) is 3. The molecule has 0 atom stereocenters. The summed E-state index contributed by atoms with van der Waals surface area (Å²) in [7, 11) is -4.02. The van der Waals surface area contributed by atoms with Crippen LogP contribution >= 0.6 is 0 Å². The van der Waals surface area contributed by atoms with Gasteiger partial charge in [0.05, 0.1) is 21.8 Å². The molecule has 1 aromatic heterocycles. The summed E-state index contributed by atoms with van der Waals surface area (Å²) in [5, 5.41) is 5.65. The molecule has 0 unspecified atom stereocenters. The van der Waals surface area contributed by atoms with Gasteiger partial charge in [0.2, 0.25) is 0 Å². The largest absolute Gasteiger partial charge is 0.573 e. The monoisotopic (exact) mass is 618 g/mol. The van der Waals surface area contributed by atoms with Crippen LogP contribution in [0.15, 0.2) is 47.4 Å². The summed E-state index contributed by atoms with van der Waals surface area (Å²) in [5.41, 5.74) is 3.31. The first kappa shape index (κ1) is 31.8. The highest BCUT2D eigenvalue weighted by Gasteiger charge is 2.32. The Kier molecular flexibility index (Phi) is 9.35. The number of hydrogen-bond acceptors (Lipinski definition) is 6. The number of benzene rings is 2. The average Bonchev–Trinajstić information content (AvgIpc) is 3.39.